The fraction of sp³-hybridized carbons (Fsp3) is 0.333. The summed E-state index contributed by atoms with van der Waals surface area (Å²) in [6.45, 7) is 0.996. The molecule has 2 aromatic heterocycles. The Labute approximate surface area is 204 Å². The minimum atomic E-state index is -4.30. The first-order chi connectivity index (χ1) is 17.1. The first kappa shape index (κ1) is 25.4. The molecule has 4 rings (SSSR count). The van der Waals surface area contributed by atoms with E-state index in [1.165, 1.54) is 10.9 Å². The topological polar surface area (TPSA) is 148 Å². The third kappa shape index (κ3) is 6.09. The summed E-state index contributed by atoms with van der Waals surface area (Å²) in [7, 11) is -4.30. The number of anilines is 3. The lowest BCUT2D eigenvalue weighted by molar-refractivity contribution is -0.132. The molecule has 0 saturated carbocycles. The summed E-state index contributed by atoms with van der Waals surface area (Å²) in [5.41, 5.74) is -0.0933. The molecule has 1 amide bonds. The first-order valence-corrected chi connectivity index (χ1v) is 12.5. The van der Waals surface area contributed by atoms with Gasteiger partial charge in [0.25, 0.3) is 0 Å². The van der Waals surface area contributed by atoms with Crippen LogP contribution in [0.2, 0.25) is 0 Å². The van der Waals surface area contributed by atoms with Gasteiger partial charge in [-0.3, -0.25) is 9.48 Å². The van der Waals surface area contributed by atoms with Crippen molar-refractivity contribution in [3.05, 3.63) is 53.7 Å². The van der Waals surface area contributed by atoms with E-state index in [9.17, 15) is 26.4 Å². The molecule has 11 nitrogen and oxygen atoms in total. The van der Waals surface area contributed by atoms with Crippen LogP contribution in [-0.4, -0.2) is 52.1 Å². The Balaban J connectivity index is 1.41. The quantitative estimate of drug-likeness (QED) is 0.406. The maximum Gasteiger partial charge on any atom is 0.244 e. The fourth-order valence-electron chi connectivity index (χ4n) is 3.66. The fourth-order valence-corrected chi connectivity index (χ4v) is 4.20. The maximum absolute atomic E-state index is 14.2. The van der Waals surface area contributed by atoms with Gasteiger partial charge in [-0.2, -0.15) is 10.1 Å². The van der Waals surface area contributed by atoms with Crippen molar-refractivity contribution in [3.8, 4) is 0 Å². The zero-order valence-electron chi connectivity index (χ0n) is 18.9. The summed E-state index contributed by atoms with van der Waals surface area (Å²) in [5.74, 6) is -3.66. The highest BCUT2D eigenvalue weighted by atomic mass is 32.2. The van der Waals surface area contributed by atoms with Crippen LogP contribution >= 0.6 is 0 Å². The van der Waals surface area contributed by atoms with E-state index in [1.807, 2.05) is 0 Å². The molecule has 192 valence electrons. The Bertz CT molecular complexity index is 1350. The molecule has 0 radical (unpaired) electrons. The first-order valence-electron chi connectivity index (χ1n) is 10.9. The number of benzene rings is 1. The van der Waals surface area contributed by atoms with Gasteiger partial charge >= 0.3 is 0 Å². The SMILES string of the molecule is NS(=O)(=O)c1cc(F)c(CNc2nc(Nc3cnn(CC(=O)N4CCCCC4)c3)ncc2F)c(F)c1. The van der Waals surface area contributed by atoms with Crippen LogP contribution in [0.1, 0.15) is 24.8 Å². The number of piperidine rings is 1. The standard InChI is InChI=1S/C21H23F3N8O3S/c22-16-6-14(36(25,34)35)7-17(23)15(16)9-26-20-18(24)10-27-21(30-20)29-13-8-28-32(11-13)12-19(33)31-4-2-1-3-5-31/h6-8,10-11H,1-5,9,12H2,(H2,25,34,35)(H2,26,27,29,30). The number of nitrogens with one attached hydrogen (secondary N) is 2. The summed E-state index contributed by atoms with van der Waals surface area (Å²) in [5, 5.41) is 14.3. The van der Waals surface area contributed by atoms with Gasteiger partial charge in [-0.15, -0.1) is 0 Å². The molecular formula is C21H23F3N8O3S. The Morgan fingerprint density at radius 1 is 1.06 bits per heavy atom. The molecule has 0 aliphatic carbocycles. The number of nitrogens with zero attached hydrogens (tertiary/aromatic N) is 5. The van der Waals surface area contributed by atoms with Crippen molar-refractivity contribution in [2.45, 2.75) is 37.2 Å². The Kier molecular flexibility index (Phi) is 7.40. The van der Waals surface area contributed by atoms with Gasteiger partial charge < -0.3 is 15.5 Å². The van der Waals surface area contributed by atoms with E-state index < -0.39 is 44.5 Å². The van der Waals surface area contributed by atoms with Crippen LogP contribution in [0.4, 0.5) is 30.6 Å². The molecular weight excluding hydrogens is 501 g/mol. The van der Waals surface area contributed by atoms with E-state index in [2.05, 4.69) is 25.7 Å². The predicted octanol–water partition coefficient (Wildman–Crippen LogP) is 2.11. The monoisotopic (exact) mass is 524 g/mol. The summed E-state index contributed by atoms with van der Waals surface area (Å²) < 4.78 is 66.8. The van der Waals surface area contributed by atoms with Gasteiger partial charge in [-0.05, 0) is 31.4 Å². The minimum absolute atomic E-state index is 0.0358. The molecule has 0 bridgehead atoms. The number of sulfonamides is 1. The number of halogens is 3. The number of aromatic nitrogens is 4. The number of likely N-dealkylation sites (tertiary alicyclic amines) is 1. The van der Waals surface area contributed by atoms with Crippen molar-refractivity contribution in [2.75, 3.05) is 23.7 Å². The molecule has 1 aliphatic rings. The van der Waals surface area contributed by atoms with Gasteiger partial charge in [0, 0.05) is 31.4 Å². The molecule has 36 heavy (non-hydrogen) atoms. The summed E-state index contributed by atoms with van der Waals surface area (Å²) in [4.78, 5) is 21.3. The second kappa shape index (κ2) is 10.5. The molecule has 1 aliphatic heterocycles. The lowest BCUT2D eigenvalue weighted by Crippen LogP contribution is -2.37. The van der Waals surface area contributed by atoms with E-state index in [0.717, 1.165) is 38.5 Å². The second-order valence-corrected chi connectivity index (χ2v) is 9.71. The number of carbonyl (C=O) groups excluding carboxylic acids is 1. The molecule has 1 aromatic carbocycles. The normalized spacial score (nSPS) is 14.1. The molecule has 3 aromatic rings. The third-order valence-corrected chi connectivity index (χ3v) is 6.41. The van der Waals surface area contributed by atoms with Crippen LogP contribution in [-0.2, 0) is 27.9 Å². The van der Waals surface area contributed by atoms with Gasteiger partial charge in [0.2, 0.25) is 21.9 Å². The van der Waals surface area contributed by atoms with Crippen molar-refractivity contribution in [3.63, 3.8) is 0 Å². The molecule has 1 saturated heterocycles. The van der Waals surface area contributed by atoms with Crippen LogP contribution in [0.3, 0.4) is 0 Å². The number of hydrogen-bond acceptors (Lipinski definition) is 8. The van der Waals surface area contributed by atoms with Crippen LogP contribution in [0.15, 0.2) is 35.6 Å². The van der Waals surface area contributed by atoms with Gasteiger partial charge in [-0.1, -0.05) is 0 Å². The van der Waals surface area contributed by atoms with Crippen LogP contribution in [0.25, 0.3) is 0 Å². The van der Waals surface area contributed by atoms with Gasteiger partial charge in [0.15, 0.2) is 11.6 Å². The Morgan fingerprint density at radius 3 is 2.42 bits per heavy atom. The lowest BCUT2D eigenvalue weighted by atomic mass is 10.1. The van der Waals surface area contributed by atoms with E-state index in [1.54, 1.807) is 11.1 Å². The maximum atomic E-state index is 14.2. The predicted molar refractivity (Wildman–Crippen MR) is 123 cm³/mol. The van der Waals surface area contributed by atoms with Crippen molar-refractivity contribution < 1.29 is 26.4 Å². The minimum Gasteiger partial charge on any atom is -0.363 e. The molecule has 1 fully saturated rings. The highest BCUT2D eigenvalue weighted by Gasteiger charge is 2.19. The van der Waals surface area contributed by atoms with E-state index in [0.29, 0.717) is 17.8 Å². The molecule has 15 heteroatoms. The highest BCUT2D eigenvalue weighted by Crippen LogP contribution is 2.21. The van der Waals surface area contributed by atoms with E-state index in [4.69, 9.17) is 5.14 Å². The highest BCUT2D eigenvalue weighted by molar-refractivity contribution is 7.89. The average Bonchev–Trinajstić information content (AvgIpc) is 3.26. The zero-order chi connectivity index (χ0) is 25.9. The summed E-state index contributed by atoms with van der Waals surface area (Å²) in [6, 6.07) is 1.15. The van der Waals surface area contributed by atoms with E-state index >= 15 is 0 Å². The molecule has 0 atom stereocenters. The molecule has 0 unspecified atom stereocenters. The third-order valence-electron chi connectivity index (χ3n) is 5.52. The van der Waals surface area contributed by atoms with Crippen molar-refractivity contribution >= 4 is 33.4 Å². The van der Waals surface area contributed by atoms with Crippen molar-refractivity contribution in [2.24, 2.45) is 5.14 Å². The van der Waals surface area contributed by atoms with Gasteiger partial charge in [-0.25, -0.2) is 31.7 Å². The zero-order valence-corrected chi connectivity index (χ0v) is 19.7. The van der Waals surface area contributed by atoms with Crippen LogP contribution in [0, 0.1) is 17.5 Å². The molecule has 0 spiro atoms. The number of hydrogen-bond donors (Lipinski definition) is 3. The largest absolute Gasteiger partial charge is 0.363 e. The van der Waals surface area contributed by atoms with Crippen molar-refractivity contribution in [1.82, 2.24) is 24.6 Å². The number of nitrogens with two attached hydrogens (primary N) is 1. The Hall–Kier alpha value is -3.72. The number of carbonyl (C=O) groups is 1. The Morgan fingerprint density at radius 2 is 1.75 bits per heavy atom. The second-order valence-electron chi connectivity index (χ2n) is 8.15. The lowest BCUT2D eigenvalue weighted by Gasteiger charge is -2.26. The smallest absolute Gasteiger partial charge is 0.244 e. The van der Waals surface area contributed by atoms with Gasteiger partial charge in [0.05, 0.1) is 23.0 Å². The van der Waals surface area contributed by atoms with Crippen molar-refractivity contribution in [1.29, 1.82) is 0 Å². The molecule has 4 N–H and O–H groups in total. The van der Waals surface area contributed by atoms with Gasteiger partial charge in [0.1, 0.15) is 18.2 Å². The number of amides is 1. The average molecular weight is 525 g/mol. The van der Waals surface area contributed by atoms with Crippen LogP contribution < -0.4 is 15.8 Å². The van der Waals surface area contributed by atoms with Crippen LogP contribution in [0.5, 0.6) is 0 Å². The van der Waals surface area contributed by atoms with E-state index in [-0.39, 0.29) is 24.2 Å². The summed E-state index contributed by atoms with van der Waals surface area (Å²) >= 11 is 0. The number of primary sulfonamides is 1. The summed E-state index contributed by atoms with van der Waals surface area (Å²) in [6.07, 6.45) is 6.95. The number of rotatable bonds is 8. The molecule has 3 heterocycles.